The zero-order valence-corrected chi connectivity index (χ0v) is 18.9. The molecule has 3 heterocycles. The Bertz CT molecular complexity index is 1090. The molecule has 1 aliphatic heterocycles. The Morgan fingerprint density at radius 1 is 1.23 bits per heavy atom. The summed E-state index contributed by atoms with van der Waals surface area (Å²) in [7, 11) is 1.70. The van der Waals surface area contributed by atoms with Crippen molar-refractivity contribution < 1.29 is 9.47 Å². The molecule has 1 saturated carbocycles. The van der Waals surface area contributed by atoms with E-state index >= 15 is 0 Å². The number of aryl methyl sites for hydroxylation is 2. The Labute approximate surface area is 183 Å². The van der Waals surface area contributed by atoms with Crippen LogP contribution in [-0.4, -0.2) is 34.3 Å². The second-order valence-electron chi connectivity index (χ2n) is 8.10. The zero-order chi connectivity index (χ0) is 20.1. The summed E-state index contributed by atoms with van der Waals surface area (Å²) in [5, 5.41) is 4.99. The molecular formula is C23H29ClN4O2. The molecule has 5 rings (SSSR count). The first-order valence-corrected chi connectivity index (χ1v) is 10.5. The monoisotopic (exact) mass is 428 g/mol. The lowest BCUT2D eigenvalue weighted by atomic mass is 9.91. The number of hydrogen-bond acceptors (Lipinski definition) is 5. The van der Waals surface area contributed by atoms with E-state index in [0.29, 0.717) is 19.3 Å². The Kier molecular flexibility index (Phi) is 5.64. The van der Waals surface area contributed by atoms with E-state index in [1.165, 1.54) is 30.6 Å². The van der Waals surface area contributed by atoms with Gasteiger partial charge in [0.1, 0.15) is 11.6 Å². The maximum atomic E-state index is 5.81. The first kappa shape index (κ1) is 20.9. The highest BCUT2D eigenvalue weighted by Gasteiger charge is 2.32. The predicted molar refractivity (Wildman–Crippen MR) is 121 cm³/mol. The van der Waals surface area contributed by atoms with E-state index in [1.807, 2.05) is 6.07 Å². The zero-order valence-electron chi connectivity index (χ0n) is 18.1. The fourth-order valence-electron chi connectivity index (χ4n) is 4.67. The van der Waals surface area contributed by atoms with Gasteiger partial charge in [0.05, 0.1) is 31.7 Å². The Morgan fingerprint density at radius 3 is 2.67 bits per heavy atom. The number of anilines is 1. The van der Waals surface area contributed by atoms with E-state index in [0.717, 1.165) is 46.0 Å². The Balaban J connectivity index is 0.00000218. The Hall–Kier alpha value is -2.31. The van der Waals surface area contributed by atoms with Crippen molar-refractivity contribution in [3.8, 4) is 16.9 Å². The normalized spacial score (nSPS) is 15.6. The van der Waals surface area contributed by atoms with Crippen molar-refractivity contribution >= 4 is 23.9 Å². The van der Waals surface area contributed by atoms with Crippen molar-refractivity contribution in [3.05, 3.63) is 40.7 Å². The van der Waals surface area contributed by atoms with Crippen LogP contribution in [0.4, 0.5) is 5.82 Å². The molecule has 1 fully saturated rings. The van der Waals surface area contributed by atoms with Crippen LogP contribution in [0.3, 0.4) is 0 Å². The van der Waals surface area contributed by atoms with Crippen LogP contribution < -0.4 is 9.64 Å². The molecule has 7 heteroatoms. The standard InChI is InChI=1S/C23H28N4O2.ClH/c1-5-26(16-7-6-8-16)23-19-12-29-13-20(19)24-22-21(15(3)25-27(22)23)18-10-9-17(28-4)11-14(18)2;/h9-11,16H,5-8,12-13H2,1-4H3;1H. The molecule has 1 aliphatic carbocycles. The third kappa shape index (κ3) is 3.13. The van der Waals surface area contributed by atoms with Gasteiger partial charge in [0, 0.05) is 23.7 Å². The van der Waals surface area contributed by atoms with Crippen molar-refractivity contribution in [3.63, 3.8) is 0 Å². The van der Waals surface area contributed by atoms with Crippen LogP contribution in [-0.2, 0) is 18.0 Å². The molecule has 6 nitrogen and oxygen atoms in total. The van der Waals surface area contributed by atoms with Gasteiger partial charge >= 0.3 is 0 Å². The fraction of sp³-hybridized carbons (Fsp3) is 0.478. The summed E-state index contributed by atoms with van der Waals surface area (Å²) in [5.74, 6) is 2.04. The lowest BCUT2D eigenvalue weighted by Gasteiger charge is -2.39. The molecule has 0 atom stereocenters. The molecular weight excluding hydrogens is 400 g/mol. The molecule has 30 heavy (non-hydrogen) atoms. The molecule has 0 radical (unpaired) electrons. The second-order valence-corrected chi connectivity index (χ2v) is 8.10. The van der Waals surface area contributed by atoms with Crippen LogP contribution >= 0.6 is 12.4 Å². The average molecular weight is 429 g/mol. The van der Waals surface area contributed by atoms with Crippen LogP contribution in [0.5, 0.6) is 5.75 Å². The van der Waals surface area contributed by atoms with Crippen molar-refractivity contribution in [1.29, 1.82) is 0 Å². The molecule has 3 aromatic rings. The lowest BCUT2D eigenvalue weighted by molar-refractivity contribution is 0.133. The summed E-state index contributed by atoms with van der Waals surface area (Å²) in [6.07, 6.45) is 3.80. The number of halogens is 1. The predicted octanol–water partition coefficient (Wildman–Crippen LogP) is 4.85. The highest BCUT2D eigenvalue weighted by atomic mass is 35.5. The molecule has 0 unspecified atom stereocenters. The van der Waals surface area contributed by atoms with Gasteiger partial charge < -0.3 is 14.4 Å². The van der Waals surface area contributed by atoms with Gasteiger partial charge in [-0.05, 0) is 63.3 Å². The summed E-state index contributed by atoms with van der Waals surface area (Å²) >= 11 is 0. The van der Waals surface area contributed by atoms with Crippen LogP contribution in [0.1, 0.15) is 48.7 Å². The van der Waals surface area contributed by atoms with E-state index in [1.54, 1.807) is 7.11 Å². The van der Waals surface area contributed by atoms with Crippen LogP contribution in [0.2, 0.25) is 0 Å². The minimum absolute atomic E-state index is 0. The number of ether oxygens (including phenoxy) is 2. The number of benzene rings is 1. The number of fused-ring (bicyclic) bond motifs is 2. The molecule has 2 aromatic heterocycles. The van der Waals surface area contributed by atoms with E-state index in [4.69, 9.17) is 19.6 Å². The molecule has 2 aliphatic rings. The lowest BCUT2D eigenvalue weighted by Crippen LogP contribution is -2.42. The maximum absolute atomic E-state index is 5.81. The topological polar surface area (TPSA) is 51.9 Å². The largest absolute Gasteiger partial charge is 0.497 e. The minimum Gasteiger partial charge on any atom is -0.497 e. The summed E-state index contributed by atoms with van der Waals surface area (Å²) in [6, 6.07) is 6.79. The minimum atomic E-state index is 0. The van der Waals surface area contributed by atoms with E-state index in [-0.39, 0.29) is 12.4 Å². The highest BCUT2D eigenvalue weighted by molar-refractivity contribution is 5.85. The summed E-state index contributed by atoms with van der Waals surface area (Å²) in [4.78, 5) is 7.55. The van der Waals surface area contributed by atoms with Gasteiger partial charge in [0.2, 0.25) is 0 Å². The van der Waals surface area contributed by atoms with E-state index < -0.39 is 0 Å². The Morgan fingerprint density at radius 2 is 2.03 bits per heavy atom. The SMILES string of the molecule is CCN(c1c2c(nc3c(-c4ccc(OC)cc4C)c(C)nn13)COC2)C1CCC1.Cl. The van der Waals surface area contributed by atoms with Gasteiger partial charge in [-0.3, -0.25) is 0 Å². The number of methoxy groups -OCH3 is 1. The first-order chi connectivity index (χ1) is 14.1. The number of aromatic nitrogens is 3. The maximum Gasteiger partial charge on any atom is 0.165 e. The van der Waals surface area contributed by atoms with Crippen molar-refractivity contribution in [1.82, 2.24) is 14.6 Å². The second kappa shape index (κ2) is 8.08. The molecule has 160 valence electrons. The summed E-state index contributed by atoms with van der Waals surface area (Å²) in [6.45, 7) is 8.59. The van der Waals surface area contributed by atoms with Crippen molar-refractivity contribution in [2.45, 2.75) is 59.3 Å². The van der Waals surface area contributed by atoms with Crippen LogP contribution in [0.15, 0.2) is 18.2 Å². The third-order valence-corrected chi connectivity index (χ3v) is 6.41. The number of hydrogen-bond donors (Lipinski definition) is 0. The van der Waals surface area contributed by atoms with Crippen LogP contribution in [0.25, 0.3) is 16.8 Å². The van der Waals surface area contributed by atoms with Gasteiger partial charge in [-0.2, -0.15) is 9.61 Å². The fourth-order valence-corrected chi connectivity index (χ4v) is 4.67. The first-order valence-electron chi connectivity index (χ1n) is 10.5. The van der Waals surface area contributed by atoms with E-state index in [9.17, 15) is 0 Å². The molecule has 0 spiro atoms. The molecule has 0 bridgehead atoms. The average Bonchev–Trinajstić information content (AvgIpc) is 3.26. The van der Waals surface area contributed by atoms with Crippen molar-refractivity contribution in [2.75, 3.05) is 18.6 Å². The van der Waals surface area contributed by atoms with Crippen molar-refractivity contribution in [2.24, 2.45) is 0 Å². The summed E-state index contributed by atoms with van der Waals surface area (Å²) in [5.41, 5.74) is 7.60. The quantitative estimate of drug-likeness (QED) is 0.581. The van der Waals surface area contributed by atoms with Crippen LogP contribution in [0, 0.1) is 13.8 Å². The van der Waals surface area contributed by atoms with Gasteiger partial charge in [-0.1, -0.05) is 6.07 Å². The number of rotatable bonds is 5. The molecule has 0 saturated heterocycles. The van der Waals surface area contributed by atoms with Gasteiger partial charge in [-0.25, -0.2) is 4.98 Å². The molecule has 1 aromatic carbocycles. The molecule has 0 N–H and O–H groups in total. The van der Waals surface area contributed by atoms with E-state index in [2.05, 4.69) is 42.3 Å². The van der Waals surface area contributed by atoms with Gasteiger partial charge in [-0.15, -0.1) is 12.4 Å². The highest BCUT2D eigenvalue weighted by Crippen LogP contribution is 2.39. The third-order valence-electron chi connectivity index (χ3n) is 6.41. The number of nitrogens with zero attached hydrogens (tertiary/aromatic N) is 4. The van der Waals surface area contributed by atoms with Gasteiger partial charge in [0.15, 0.2) is 5.65 Å². The van der Waals surface area contributed by atoms with Gasteiger partial charge in [0.25, 0.3) is 0 Å². The smallest absolute Gasteiger partial charge is 0.165 e. The summed E-state index contributed by atoms with van der Waals surface area (Å²) < 4.78 is 13.3. The molecule has 0 amide bonds.